The number of hydrogen-bond donors (Lipinski definition) is 0. The van der Waals surface area contributed by atoms with Crippen LogP contribution in [0.1, 0.15) is 36.0 Å². The molecule has 1 aliphatic rings. The lowest BCUT2D eigenvalue weighted by Gasteiger charge is -2.24. The van der Waals surface area contributed by atoms with Gasteiger partial charge in [-0.1, -0.05) is 24.3 Å². The number of aryl methyl sites for hydroxylation is 1. The first-order valence-corrected chi connectivity index (χ1v) is 10.3. The molecule has 0 N–H and O–H groups in total. The van der Waals surface area contributed by atoms with Gasteiger partial charge in [-0.25, -0.2) is 0 Å². The van der Waals surface area contributed by atoms with Crippen molar-refractivity contribution in [2.75, 3.05) is 13.7 Å². The van der Waals surface area contributed by atoms with Gasteiger partial charge >= 0.3 is 12.4 Å². The van der Waals surface area contributed by atoms with Gasteiger partial charge in [-0.2, -0.15) is 26.3 Å². The van der Waals surface area contributed by atoms with E-state index in [1.54, 1.807) is 0 Å². The molecule has 1 fully saturated rings. The summed E-state index contributed by atoms with van der Waals surface area (Å²) in [6.07, 6.45) is -7.25. The molecule has 180 valence electrons. The Morgan fingerprint density at radius 1 is 1.03 bits per heavy atom. The summed E-state index contributed by atoms with van der Waals surface area (Å²) in [6, 6.07) is 9.45. The second kappa shape index (κ2) is 9.93. The van der Waals surface area contributed by atoms with Gasteiger partial charge < -0.3 is 14.4 Å². The SMILES string of the molecule is COc1cc(CCC(=O)N(Cc2ccccc2C(F)(F)F)C2CC2)ccc1OCC(F)(F)F. The molecule has 0 spiro atoms. The van der Waals surface area contributed by atoms with E-state index in [1.165, 1.54) is 48.4 Å². The van der Waals surface area contributed by atoms with Crippen LogP contribution >= 0.6 is 0 Å². The minimum atomic E-state index is -4.51. The number of methoxy groups -OCH3 is 1. The van der Waals surface area contributed by atoms with E-state index in [0.29, 0.717) is 5.56 Å². The summed E-state index contributed by atoms with van der Waals surface area (Å²) in [5.74, 6) is -0.263. The van der Waals surface area contributed by atoms with E-state index in [-0.39, 0.29) is 48.4 Å². The van der Waals surface area contributed by atoms with Crippen LogP contribution in [0.3, 0.4) is 0 Å². The van der Waals surface area contributed by atoms with Crippen LogP contribution in [0.5, 0.6) is 11.5 Å². The molecule has 0 aliphatic heterocycles. The number of nitrogens with zero attached hydrogens (tertiary/aromatic N) is 1. The van der Waals surface area contributed by atoms with Crippen LogP contribution in [0.25, 0.3) is 0 Å². The number of alkyl halides is 6. The van der Waals surface area contributed by atoms with Gasteiger partial charge in [0.1, 0.15) is 0 Å². The molecule has 3 rings (SSSR count). The minimum absolute atomic E-state index is 0.0383. The molecule has 1 amide bonds. The third-order valence-electron chi connectivity index (χ3n) is 5.22. The van der Waals surface area contributed by atoms with Crippen molar-refractivity contribution in [3.63, 3.8) is 0 Å². The molecule has 1 aliphatic carbocycles. The van der Waals surface area contributed by atoms with Gasteiger partial charge in [0.2, 0.25) is 5.91 Å². The van der Waals surface area contributed by atoms with Crippen LogP contribution in [0.15, 0.2) is 42.5 Å². The number of carbonyl (C=O) groups excluding carboxylic acids is 1. The number of ether oxygens (including phenoxy) is 2. The normalized spacial score (nSPS) is 14.2. The average Bonchev–Trinajstić information content (AvgIpc) is 3.58. The van der Waals surface area contributed by atoms with E-state index in [4.69, 9.17) is 9.47 Å². The monoisotopic (exact) mass is 475 g/mol. The third-order valence-corrected chi connectivity index (χ3v) is 5.22. The molecule has 0 heterocycles. The lowest BCUT2D eigenvalue weighted by molar-refractivity contribution is -0.153. The van der Waals surface area contributed by atoms with Crippen LogP contribution in [0.2, 0.25) is 0 Å². The second-order valence-electron chi connectivity index (χ2n) is 7.80. The highest BCUT2D eigenvalue weighted by molar-refractivity contribution is 5.77. The molecule has 2 aromatic carbocycles. The Kier molecular flexibility index (Phi) is 7.44. The summed E-state index contributed by atoms with van der Waals surface area (Å²) in [7, 11) is 1.29. The van der Waals surface area contributed by atoms with Gasteiger partial charge in [-0.3, -0.25) is 4.79 Å². The number of carbonyl (C=O) groups is 1. The largest absolute Gasteiger partial charge is 0.493 e. The smallest absolute Gasteiger partial charge is 0.422 e. The predicted octanol–water partition coefficient (Wildman–Crippen LogP) is 5.78. The number of amides is 1. The molecule has 0 atom stereocenters. The number of benzene rings is 2. The van der Waals surface area contributed by atoms with Gasteiger partial charge in [0.05, 0.1) is 12.7 Å². The molecule has 0 aromatic heterocycles. The quantitative estimate of drug-likeness (QED) is 0.432. The summed E-state index contributed by atoms with van der Waals surface area (Å²) >= 11 is 0. The van der Waals surface area contributed by atoms with Crippen LogP contribution < -0.4 is 9.47 Å². The predicted molar refractivity (Wildman–Crippen MR) is 108 cm³/mol. The molecule has 33 heavy (non-hydrogen) atoms. The molecule has 4 nitrogen and oxygen atoms in total. The maximum atomic E-state index is 13.3. The Labute approximate surface area is 187 Å². The van der Waals surface area contributed by atoms with Crippen molar-refractivity contribution < 1.29 is 40.6 Å². The van der Waals surface area contributed by atoms with Crippen molar-refractivity contribution in [3.8, 4) is 11.5 Å². The Morgan fingerprint density at radius 2 is 1.73 bits per heavy atom. The van der Waals surface area contributed by atoms with Crippen molar-refractivity contribution >= 4 is 5.91 Å². The first kappa shape index (κ1) is 24.7. The molecular formula is C23H23F6NO3. The number of hydrogen-bond acceptors (Lipinski definition) is 3. The van der Waals surface area contributed by atoms with Gasteiger partial charge in [0, 0.05) is 19.0 Å². The van der Waals surface area contributed by atoms with E-state index in [2.05, 4.69) is 0 Å². The van der Waals surface area contributed by atoms with E-state index in [9.17, 15) is 31.1 Å². The first-order chi connectivity index (χ1) is 15.5. The molecule has 0 saturated heterocycles. The van der Waals surface area contributed by atoms with Gasteiger partial charge in [0.25, 0.3) is 0 Å². The Balaban J connectivity index is 1.67. The second-order valence-corrected chi connectivity index (χ2v) is 7.80. The molecular weight excluding hydrogens is 452 g/mol. The van der Waals surface area contributed by atoms with Crippen molar-refractivity contribution in [2.24, 2.45) is 0 Å². The molecule has 2 aromatic rings. The summed E-state index contributed by atoms with van der Waals surface area (Å²) in [6.45, 7) is -1.59. The highest BCUT2D eigenvalue weighted by Gasteiger charge is 2.37. The Hall–Kier alpha value is -2.91. The Morgan fingerprint density at radius 3 is 2.33 bits per heavy atom. The van der Waals surface area contributed by atoms with Gasteiger partial charge in [0.15, 0.2) is 18.1 Å². The fraction of sp³-hybridized carbons (Fsp3) is 0.435. The average molecular weight is 475 g/mol. The summed E-state index contributed by atoms with van der Waals surface area (Å²) in [5.41, 5.74) is -0.0910. The molecule has 0 unspecified atom stereocenters. The molecule has 0 bridgehead atoms. The fourth-order valence-electron chi connectivity index (χ4n) is 3.47. The highest BCUT2D eigenvalue weighted by atomic mass is 19.4. The molecule has 1 saturated carbocycles. The zero-order valence-corrected chi connectivity index (χ0v) is 17.8. The highest BCUT2D eigenvalue weighted by Crippen LogP contribution is 2.35. The van der Waals surface area contributed by atoms with Crippen molar-refractivity contribution in [1.29, 1.82) is 0 Å². The maximum absolute atomic E-state index is 13.3. The van der Waals surface area contributed by atoms with E-state index >= 15 is 0 Å². The standard InChI is InChI=1S/C23H23F6NO3/c1-32-20-12-15(6-10-19(20)33-14-22(24,25)26)7-11-21(31)30(17-8-9-17)13-16-4-2-3-5-18(16)23(27,28)29/h2-6,10,12,17H,7-9,11,13-14H2,1H3. The summed E-state index contributed by atoms with van der Waals surface area (Å²) < 4.78 is 87.0. The fourth-order valence-corrected chi connectivity index (χ4v) is 3.47. The van der Waals surface area contributed by atoms with Crippen LogP contribution in [-0.4, -0.2) is 36.7 Å². The van der Waals surface area contributed by atoms with Crippen molar-refractivity contribution in [1.82, 2.24) is 4.90 Å². The third kappa shape index (κ3) is 7.03. The van der Waals surface area contributed by atoms with E-state index in [1.807, 2.05) is 0 Å². The van der Waals surface area contributed by atoms with Gasteiger partial charge in [-0.15, -0.1) is 0 Å². The van der Waals surface area contributed by atoms with E-state index in [0.717, 1.165) is 18.9 Å². The van der Waals surface area contributed by atoms with E-state index < -0.39 is 24.5 Å². The molecule has 0 radical (unpaired) electrons. The van der Waals surface area contributed by atoms with Gasteiger partial charge in [-0.05, 0) is 48.6 Å². The van der Waals surface area contributed by atoms with Crippen molar-refractivity contribution in [3.05, 3.63) is 59.2 Å². The maximum Gasteiger partial charge on any atom is 0.422 e. The van der Waals surface area contributed by atoms with Crippen LogP contribution in [0, 0.1) is 0 Å². The zero-order chi connectivity index (χ0) is 24.2. The summed E-state index contributed by atoms with van der Waals surface area (Å²) in [4.78, 5) is 14.3. The lowest BCUT2D eigenvalue weighted by atomic mass is 10.1. The number of rotatable bonds is 9. The zero-order valence-electron chi connectivity index (χ0n) is 17.8. The topological polar surface area (TPSA) is 38.8 Å². The first-order valence-electron chi connectivity index (χ1n) is 10.3. The minimum Gasteiger partial charge on any atom is -0.493 e. The summed E-state index contributed by atoms with van der Waals surface area (Å²) in [5, 5.41) is 0. The van der Waals surface area contributed by atoms with Crippen LogP contribution in [0.4, 0.5) is 26.3 Å². The van der Waals surface area contributed by atoms with Crippen molar-refractivity contribution in [2.45, 2.75) is 50.6 Å². The molecule has 10 heteroatoms. The lowest BCUT2D eigenvalue weighted by Crippen LogP contribution is -2.33. The Bertz CT molecular complexity index is 969. The van der Waals surface area contributed by atoms with Crippen LogP contribution in [-0.2, 0) is 23.9 Å². The number of halogens is 6.